The van der Waals surface area contributed by atoms with Crippen LogP contribution in [0.3, 0.4) is 0 Å². The molecule has 2 rings (SSSR count). The van der Waals surface area contributed by atoms with Crippen molar-refractivity contribution < 1.29 is 4.24 Å². The van der Waals surface area contributed by atoms with Crippen molar-refractivity contribution in [2.75, 3.05) is 6.54 Å². The number of hydrogen-bond acceptors (Lipinski definition) is 0. The third kappa shape index (κ3) is 1.16. The monoisotopic (exact) mass is 165 g/mol. The zero-order valence-electron chi connectivity index (χ0n) is 6.83. The van der Waals surface area contributed by atoms with E-state index in [1.807, 2.05) is 0 Å². The Morgan fingerprint density at radius 3 is 3.27 bits per heavy atom. The molecule has 0 spiro atoms. The molecule has 1 aromatic rings. The summed E-state index contributed by atoms with van der Waals surface area (Å²) in [7, 11) is -0.169. The summed E-state index contributed by atoms with van der Waals surface area (Å²) < 4.78 is 4.88. The van der Waals surface area contributed by atoms with Gasteiger partial charge in [0.15, 0.2) is 6.21 Å². The van der Waals surface area contributed by atoms with E-state index in [0.29, 0.717) is 0 Å². The van der Waals surface area contributed by atoms with Gasteiger partial charge in [-0.3, -0.25) is 4.24 Å². The van der Waals surface area contributed by atoms with Crippen LogP contribution in [0, 0.1) is 0 Å². The average molecular weight is 165 g/mol. The van der Waals surface area contributed by atoms with E-state index in [4.69, 9.17) is 0 Å². The molecule has 0 unspecified atom stereocenters. The highest BCUT2D eigenvalue weighted by atomic mass is 28.2. The SMILES string of the molecule is CCC[N+]1=Cc2cccn2[SiH2]1. The van der Waals surface area contributed by atoms with Gasteiger partial charge in [0.1, 0.15) is 6.54 Å². The second kappa shape index (κ2) is 2.66. The average Bonchev–Trinajstić information content (AvgIpc) is 2.46. The highest BCUT2D eigenvalue weighted by Gasteiger charge is 2.16. The maximum absolute atomic E-state index is 2.48. The molecule has 1 aromatic heterocycles. The maximum Gasteiger partial charge on any atom is 0.446 e. The van der Waals surface area contributed by atoms with E-state index in [9.17, 15) is 0 Å². The quantitative estimate of drug-likeness (QED) is 0.553. The first-order valence-electron chi connectivity index (χ1n) is 4.14. The van der Waals surface area contributed by atoms with Gasteiger partial charge in [0, 0.05) is 12.6 Å². The van der Waals surface area contributed by atoms with Crippen molar-refractivity contribution in [2.45, 2.75) is 13.3 Å². The van der Waals surface area contributed by atoms with E-state index in [1.54, 1.807) is 0 Å². The summed E-state index contributed by atoms with van der Waals surface area (Å²) in [6.07, 6.45) is 5.73. The van der Waals surface area contributed by atoms with Crippen LogP contribution in [0.25, 0.3) is 0 Å². The fraction of sp³-hybridized carbons (Fsp3) is 0.375. The number of aromatic nitrogens is 1. The fourth-order valence-corrected chi connectivity index (χ4v) is 3.20. The Morgan fingerprint density at radius 1 is 1.64 bits per heavy atom. The smallest absolute Gasteiger partial charge is 0.320 e. The van der Waals surface area contributed by atoms with Crippen molar-refractivity contribution in [3.63, 3.8) is 0 Å². The second-order valence-corrected chi connectivity index (χ2v) is 4.76. The lowest BCUT2D eigenvalue weighted by Crippen LogP contribution is -2.18. The van der Waals surface area contributed by atoms with Gasteiger partial charge >= 0.3 is 9.84 Å². The number of rotatable bonds is 2. The van der Waals surface area contributed by atoms with Gasteiger partial charge in [-0.2, -0.15) is 0 Å². The standard InChI is InChI=1S/C8H13N2Si/c1-2-5-9-7-8-4-3-6-10(8)11-9/h3-4,6-7H,2,5,11H2,1H3/q+1. The summed E-state index contributed by atoms with van der Waals surface area (Å²) >= 11 is 0. The largest absolute Gasteiger partial charge is 0.446 e. The zero-order chi connectivity index (χ0) is 7.68. The van der Waals surface area contributed by atoms with Crippen LogP contribution in [0.1, 0.15) is 19.0 Å². The van der Waals surface area contributed by atoms with Gasteiger partial charge in [-0.05, 0) is 12.1 Å². The zero-order valence-corrected chi connectivity index (χ0v) is 8.24. The highest BCUT2D eigenvalue weighted by Crippen LogP contribution is 2.02. The molecule has 11 heavy (non-hydrogen) atoms. The first-order valence-corrected chi connectivity index (χ1v) is 5.40. The van der Waals surface area contributed by atoms with Crippen LogP contribution in [-0.2, 0) is 0 Å². The summed E-state index contributed by atoms with van der Waals surface area (Å²) in [5.41, 5.74) is 1.39. The van der Waals surface area contributed by atoms with Crippen LogP contribution in [0.5, 0.6) is 0 Å². The van der Waals surface area contributed by atoms with Crippen molar-refractivity contribution in [3.8, 4) is 0 Å². The van der Waals surface area contributed by atoms with Gasteiger partial charge in [0.2, 0.25) is 0 Å². The lowest BCUT2D eigenvalue weighted by atomic mass is 10.4. The van der Waals surface area contributed by atoms with Gasteiger partial charge in [-0.15, -0.1) is 0 Å². The van der Waals surface area contributed by atoms with E-state index in [-0.39, 0.29) is 9.84 Å². The molecule has 0 saturated carbocycles. The van der Waals surface area contributed by atoms with Crippen molar-refractivity contribution in [1.82, 2.24) is 4.23 Å². The Hall–Kier alpha value is -0.833. The van der Waals surface area contributed by atoms with Gasteiger partial charge < -0.3 is 4.23 Å². The predicted octanol–water partition coefficient (Wildman–Crippen LogP) is 0.190. The number of nitrogens with zero attached hydrogens (tertiary/aromatic N) is 2. The fourth-order valence-electron chi connectivity index (χ4n) is 1.52. The van der Waals surface area contributed by atoms with E-state index in [1.165, 1.54) is 18.7 Å². The minimum atomic E-state index is -0.169. The lowest BCUT2D eigenvalue weighted by molar-refractivity contribution is -0.375. The molecule has 0 saturated heterocycles. The first-order chi connectivity index (χ1) is 5.40. The molecule has 1 aliphatic rings. The lowest BCUT2D eigenvalue weighted by Gasteiger charge is -1.94. The Labute approximate surface area is 69.1 Å². The summed E-state index contributed by atoms with van der Waals surface area (Å²) in [4.78, 5) is 0. The van der Waals surface area contributed by atoms with Crippen molar-refractivity contribution >= 4 is 16.1 Å². The molecule has 0 atom stereocenters. The van der Waals surface area contributed by atoms with Gasteiger partial charge in [-0.1, -0.05) is 6.92 Å². The Kier molecular flexibility index (Phi) is 1.66. The van der Waals surface area contributed by atoms with E-state index in [2.05, 4.69) is 39.9 Å². The van der Waals surface area contributed by atoms with Gasteiger partial charge in [-0.25, -0.2) is 0 Å². The van der Waals surface area contributed by atoms with Crippen LogP contribution in [0.2, 0.25) is 0 Å². The molecule has 0 radical (unpaired) electrons. The molecule has 2 nitrogen and oxygen atoms in total. The summed E-state index contributed by atoms with van der Waals surface area (Å²) in [6.45, 7) is 3.46. The topological polar surface area (TPSA) is 7.94 Å². The van der Waals surface area contributed by atoms with Crippen LogP contribution >= 0.6 is 0 Å². The molecule has 0 aliphatic carbocycles. The summed E-state index contributed by atoms with van der Waals surface area (Å²) in [6, 6.07) is 4.31. The normalized spacial score (nSPS) is 17.0. The molecule has 0 amide bonds. The van der Waals surface area contributed by atoms with Crippen LogP contribution in [0.15, 0.2) is 18.3 Å². The van der Waals surface area contributed by atoms with Crippen molar-refractivity contribution in [1.29, 1.82) is 0 Å². The molecule has 58 valence electrons. The van der Waals surface area contributed by atoms with Gasteiger partial charge in [0.25, 0.3) is 0 Å². The Balaban J connectivity index is 2.18. The number of hydrogen-bond donors (Lipinski definition) is 0. The van der Waals surface area contributed by atoms with Crippen molar-refractivity contribution in [3.05, 3.63) is 24.0 Å². The molecule has 2 heterocycles. The van der Waals surface area contributed by atoms with E-state index in [0.717, 1.165) is 0 Å². The minimum absolute atomic E-state index is 0.169. The van der Waals surface area contributed by atoms with Crippen LogP contribution < -0.4 is 0 Å². The van der Waals surface area contributed by atoms with Crippen LogP contribution in [0.4, 0.5) is 0 Å². The predicted molar refractivity (Wildman–Crippen MR) is 49.0 cm³/mol. The second-order valence-electron chi connectivity index (χ2n) is 2.99. The molecule has 0 bridgehead atoms. The molecule has 3 heteroatoms. The van der Waals surface area contributed by atoms with Gasteiger partial charge in [0.05, 0.1) is 5.69 Å². The van der Waals surface area contributed by atoms with Crippen LogP contribution in [-0.4, -0.2) is 31.1 Å². The Morgan fingerprint density at radius 2 is 2.55 bits per heavy atom. The Bertz CT molecular complexity index is 288. The van der Waals surface area contributed by atoms with E-state index < -0.39 is 0 Å². The number of fused-ring (bicyclic) bond motifs is 1. The molecule has 0 fully saturated rings. The molecular formula is C8H13N2Si+. The van der Waals surface area contributed by atoms with Crippen molar-refractivity contribution in [2.24, 2.45) is 0 Å². The third-order valence-corrected chi connectivity index (χ3v) is 3.77. The summed E-state index contributed by atoms with van der Waals surface area (Å²) in [5.74, 6) is 0. The maximum atomic E-state index is 2.48. The third-order valence-electron chi connectivity index (χ3n) is 2.02. The molecular weight excluding hydrogens is 152 g/mol. The highest BCUT2D eigenvalue weighted by molar-refractivity contribution is 6.28. The molecule has 1 aliphatic heterocycles. The molecule has 0 N–H and O–H groups in total. The first kappa shape index (κ1) is 6.85. The summed E-state index contributed by atoms with van der Waals surface area (Å²) in [5, 5.41) is 0. The van der Waals surface area contributed by atoms with E-state index >= 15 is 0 Å². The minimum Gasteiger partial charge on any atom is -0.320 e. The molecule has 0 aromatic carbocycles.